The summed E-state index contributed by atoms with van der Waals surface area (Å²) in [4.78, 5) is 12.4. The Labute approximate surface area is 201 Å². The second-order valence-electron chi connectivity index (χ2n) is 8.70. The van der Waals surface area contributed by atoms with Crippen molar-refractivity contribution in [3.63, 3.8) is 0 Å². The van der Waals surface area contributed by atoms with Gasteiger partial charge in [0.25, 0.3) is 0 Å². The number of nitrogens with zero attached hydrogens (tertiary/aromatic N) is 4. The van der Waals surface area contributed by atoms with E-state index in [0.29, 0.717) is 13.0 Å². The molecule has 2 aromatic rings. The topological polar surface area (TPSA) is 50.7 Å². The molecule has 2 fully saturated rings. The second-order valence-corrected chi connectivity index (χ2v) is 9.87. The molecule has 1 aromatic heterocycles. The van der Waals surface area contributed by atoms with Crippen LogP contribution in [-0.2, 0) is 0 Å². The molecular weight excluding hydrogens is 532 g/mol. The molecule has 2 atom stereocenters. The average molecular weight is 554 g/mol. The summed E-state index contributed by atoms with van der Waals surface area (Å²) >= 11 is 9.46. The minimum Gasteiger partial charge on any atom is -0.489 e. The third-order valence-corrected chi connectivity index (χ3v) is 7.98. The first kappa shape index (κ1) is 23.2. The Hall–Kier alpha value is -1.59. The van der Waals surface area contributed by atoms with Crippen LogP contribution in [0, 0.1) is 5.82 Å². The summed E-state index contributed by atoms with van der Waals surface area (Å²) in [5, 5.41) is 0.236. The molecule has 12 heteroatoms. The summed E-state index contributed by atoms with van der Waals surface area (Å²) < 4.78 is 66.9. The average Bonchev–Trinajstić information content (AvgIpc) is 3.23. The fourth-order valence-corrected chi connectivity index (χ4v) is 5.72. The predicted octanol–water partition coefficient (Wildman–Crippen LogP) is 4.99. The molecule has 0 spiro atoms. The molecule has 0 amide bonds. The van der Waals surface area contributed by atoms with Gasteiger partial charge in [0.1, 0.15) is 35.7 Å². The first-order valence-electron chi connectivity index (χ1n) is 10.8. The van der Waals surface area contributed by atoms with Crippen LogP contribution in [0.2, 0.25) is 5.02 Å². The fourth-order valence-electron chi connectivity index (χ4n) is 5.12. The summed E-state index contributed by atoms with van der Waals surface area (Å²) in [6, 6.07) is -0.0935. The smallest absolute Gasteiger partial charge is 0.319 e. The molecule has 180 valence electrons. The molecule has 0 aliphatic carbocycles. The summed E-state index contributed by atoms with van der Waals surface area (Å²) in [6.07, 6.45) is -1.71. The van der Waals surface area contributed by atoms with E-state index < -0.39 is 24.0 Å². The Kier molecular flexibility index (Phi) is 6.24. The highest BCUT2D eigenvalue weighted by Gasteiger charge is 2.49. The molecule has 0 N–H and O–H groups in total. The molecular formula is C21H22BrClF4N4O2. The van der Waals surface area contributed by atoms with E-state index in [9.17, 15) is 13.2 Å². The van der Waals surface area contributed by atoms with Gasteiger partial charge in [-0.3, -0.25) is 4.90 Å². The highest BCUT2D eigenvalue weighted by atomic mass is 79.9. The standard InChI is InChI=1S/C21H22BrClF4N4O2/c22-14-15(23)18-13-17(16(14)27)28-20(29-19(13)30(6-7-32-18)5-2-12(25)26)33-10-21-3-1-4-31(21)9-11(24)8-21/h11-12H,1-10H2/t11-,21+/m1/s1. The van der Waals surface area contributed by atoms with Gasteiger partial charge in [-0.2, -0.15) is 9.97 Å². The van der Waals surface area contributed by atoms with Crippen molar-refractivity contribution >= 4 is 44.3 Å². The SMILES string of the molecule is Fc1c(Br)c(Cl)c2c3c(nc(OC[C@@]45CCCN4C[C@H](F)C5)nc13)N(CCC(F)F)CCO2. The Balaban J connectivity index is 1.56. The number of fused-ring (bicyclic) bond motifs is 1. The lowest BCUT2D eigenvalue weighted by atomic mass is 9.95. The molecule has 2 saturated heterocycles. The second kappa shape index (κ2) is 8.88. The highest BCUT2D eigenvalue weighted by molar-refractivity contribution is 9.10. The first-order chi connectivity index (χ1) is 15.8. The molecule has 1 aromatic carbocycles. The maximum Gasteiger partial charge on any atom is 0.319 e. The maximum atomic E-state index is 15.2. The highest BCUT2D eigenvalue weighted by Crippen LogP contribution is 2.46. The van der Waals surface area contributed by atoms with Gasteiger partial charge in [-0.15, -0.1) is 0 Å². The van der Waals surface area contributed by atoms with Gasteiger partial charge in [-0.1, -0.05) is 11.6 Å². The van der Waals surface area contributed by atoms with Crippen LogP contribution in [-0.4, -0.2) is 72.4 Å². The molecule has 33 heavy (non-hydrogen) atoms. The van der Waals surface area contributed by atoms with E-state index in [0.717, 1.165) is 19.4 Å². The number of ether oxygens (including phenoxy) is 2. The van der Waals surface area contributed by atoms with Crippen LogP contribution in [0.25, 0.3) is 10.9 Å². The van der Waals surface area contributed by atoms with Crippen molar-refractivity contribution in [1.82, 2.24) is 14.9 Å². The van der Waals surface area contributed by atoms with Crippen LogP contribution in [0.15, 0.2) is 4.47 Å². The molecule has 3 aliphatic heterocycles. The van der Waals surface area contributed by atoms with Gasteiger partial charge in [-0.25, -0.2) is 17.6 Å². The van der Waals surface area contributed by atoms with E-state index in [1.807, 2.05) is 0 Å². The van der Waals surface area contributed by atoms with Crippen molar-refractivity contribution in [3.05, 3.63) is 15.3 Å². The minimum absolute atomic E-state index is 0.0113. The van der Waals surface area contributed by atoms with Crippen LogP contribution < -0.4 is 14.4 Å². The summed E-state index contributed by atoms with van der Waals surface area (Å²) in [6.45, 7) is 1.73. The monoisotopic (exact) mass is 552 g/mol. The zero-order valence-corrected chi connectivity index (χ0v) is 19.9. The van der Waals surface area contributed by atoms with Gasteiger partial charge in [0.05, 0.1) is 21.9 Å². The van der Waals surface area contributed by atoms with Gasteiger partial charge in [0.2, 0.25) is 6.43 Å². The Morgan fingerprint density at radius 2 is 2.12 bits per heavy atom. The van der Waals surface area contributed by atoms with Crippen LogP contribution >= 0.6 is 27.5 Å². The maximum absolute atomic E-state index is 15.2. The van der Waals surface area contributed by atoms with E-state index in [1.54, 1.807) is 4.90 Å². The van der Waals surface area contributed by atoms with E-state index in [4.69, 9.17) is 21.1 Å². The van der Waals surface area contributed by atoms with E-state index >= 15 is 4.39 Å². The lowest BCUT2D eigenvalue weighted by Gasteiger charge is -2.31. The van der Waals surface area contributed by atoms with Crippen LogP contribution in [0.4, 0.5) is 23.4 Å². The van der Waals surface area contributed by atoms with Crippen LogP contribution in [0.1, 0.15) is 25.7 Å². The Morgan fingerprint density at radius 1 is 1.30 bits per heavy atom. The lowest BCUT2D eigenvalue weighted by Crippen LogP contribution is -2.43. The van der Waals surface area contributed by atoms with Gasteiger partial charge in [0.15, 0.2) is 11.6 Å². The fraction of sp³-hybridized carbons (Fsp3) is 0.619. The van der Waals surface area contributed by atoms with Gasteiger partial charge >= 0.3 is 6.01 Å². The van der Waals surface area contributed by atoms with Crippen LogP contribution in [0.3, 0.4) is 0 Å². The number of aromatic nitrogens is 2. The number of alkyl halides is 3. The quantitative estimate of drug-likeness (QED) is 0.371. The van der Waals surface area contributed by atoms with Crippen molar-refractivity contribution < 1.29 is 27.0 Å². The summed E-state index contributed by atoms with van der Waals surface area (Å²) in [7, 11) is 0. The van der Waals surface area contributed by atoms with E-state index in [1.165, 1.54) is 0 Å². The van der Waals surface area contributed by atoms with Gasteiger partial charge in [-0.05, 0) is 35.3 Å². The van der Waals surface area contributed by atoms with Crippen molar-refractivity contribution in [2.24, 2.45) is 0 Å². The van der Waals surface area contributed by atoms with Gasteiger partial charge in [0, 0.05) is 25.9 Å². The molecule has 0 unspecified atom stereocenters. The number of halogens is 6. The van der Waals surface area contributed by atoms with Crippen LogP contribution in [0.5, 0.6) is 11.8 Å². The van der Waals surface area contributed by atoms with E-state index in [-0.39, 0.29) is 70.7 Å². The Morgan fingerprint density at radius 3 is 2.91 bits per heavy atom. The molecule has 0 radical (unpaired) electrons. The largest absolute Gasteiger partial charge is 0.489 e. The van der Waals surface area contributed by atoms with Crippen molar-refractivity contribution in [1.29, 1.82) is 0 Å². The number of rotatable bonds is 6. The summed E-state index contributed by atoms with van der Waals surface area (Å²) in [5.74, 6) is -0.304. The molecule has 4 heterocycles. The molecule has 0 bridgehead atoms. The number of anilines is 1. The van der Waals surface area contributed by atoms with Crippen molar-refractivity contribution in [2.75, 3.05) is 44.3 Å². The zero-order valence-electron chi connectivity index (χ0n) is 17.6. The molecule has 5 rings (SSSR count). The first-order valence-corrected chi connectivity index (χ1v) is 12.0. The number of benzene rings is 1. The third-order valence-electron chi connectivity index (χ3n) is 6.64. The molecule has 3 aliphatic rings. The van der Waals surface area contributed by atoms with E-state index in [2.05, 4.69) is 30.8 Å². The zero-order chi connectivity index (χ0) is 23.3. The number of hydrogen-bond acceptors (Lipinski definition) is 6. The molecule has 0 saturated carbocycles. The predicted molar refractivity (Wildman–Crippen MR) is 119 cm³/mol. The number of hydrogen-bond donors (Lipinski definition) is 0. The minimum atomic E-state index is -2.50. The normalized spacial score (nSPS) is 24.9. The summed E-state index contributed by atoms with van der Waals surface area (Å²) in [5.41, 5.74) is -0.519. The molecule has 6 nitrogen and oxygen atoms in total. The van der Waals surface area contributed by atoms with Crippen molar-refractivity contribution in [3.8, 4) is 11.8 Å². The van der Waals surface area contributed by atoms with Gasteiger partial charge < -0.3 is 14.4 Å². The van der Waals surface area contributed by atoms with Crippen molar-refractivity contribution in [2.45, 2.75) is 43.8 Å². The Bertz CT molecular complexity index is 1080. The third kappa shape index (κ3) is 4.10. The lowest BCUT2D eigenvalue weighted by molar-refractivity contribution is 0.107.